The van der Waals surface area contributed by atoms with Gasteiger partial charge in [-0.05, 0) is 76.5 Å². The van der Waals surface area contributed by atoms with Crippen LogP contribution in [0.3, 0.4) is 0 Å². The number of unbranched alkanes of at least 4 members (excludes halogenated alkanes) is 4. The summed E-state index contributed by atoms with van der Waals surface area (Å²) >= 11 is 0. The Hall–Kier alpha value is -2.82. The zero-order chi connectivity index (χ0) is 25.8. The molecule has 1 unspecified atom stereocenters. The maximum absolute atomic E-state index is 11.7. The molecule has 1 aliphatic rings. The highest BCUT2D eigenvalue weighted by molar-refractivity contribution is 5.88. The smallest absolute Gasteiger partial charge is 0.330 e. The van der Waals surface area contributed by atoms with Crippen LogP contribution in [0.5, 0.6) is 5.75 Å². The van der Waals surface area contributed by atoms with E-state index in [4.69, 9.17) is 23.7 Å². The van der Waals surface area contributed by atoms with E-state index in [0.29, 0.717) is 32.0 Å². The molecule has 0 aliphatic carbocycles. The summed E-state index contributed by atoms with van der Waals surface area (Å²) in [6.07, 6.45) is 11.8. The molecule has 1 aliphatic heterocycles. The third kappa shape index (κ3) is 12.2. The van der Waals surface area contributed by atoms with E-state index in [-0.39, 0.29) is 12.3 Å². The lowest BCUT2D eigenvalue weighted by atomic mass is 10.1. The van der Waals surface area contributed by atoms with Crippen LogP contribution in [0.2, 0.25) is 0 Å². The molecule has 2 rings (SSSR count). The predicted octanol–water partition coefficient (Wildman–Crippen LogP) is 5.44. The number of hydrogen-bond donors (Lipinski definition) is 0. The molecule has 7 nitrogen and oxygen atoms in total. The molecule has 198 valence electrons. The van der Waals surface area contributed by atoms with E-state index >= 15 is 0 Å². The fourth-order valence-corrected chi connectivity index (χ4v) is 3.66. The van der Waals surface area contributed by atoms with Crippen molar-refractivity contribution in [3.8, 4) is 17.6 Å². The van der Waals surface area contributed by atoms with Gasteiger partial charge >= 0.3 is 11.9 Å². The molecule has 0 radical (unpaired) electrons. The molecule has 1 aromatic rings. The predicted molar refractivity (Wildman–Crippen MR) is 138 cm³/mol. The summed E-state index contributed by atoms with van der Waals surface area (Å²) in [4.78, 5) is 23.1. The molecule has 0 N–H and O–H groups in total. The third-order valence-electron chi connectivity index (χ3n) is 5.60. The van der Waals surface area contributed by atoms with Gasteiger partial charge in [0.05, 0.1) is 20.3 Å². The summed E-state index contributed by atoms with van der Waals surface area (Å²) in [5.74, 6) is 6.51. The minimum Gasteiger partial charge on any atom is -0.493 e. The number of hydrogen-bond acceptors (Lipinski definition) is 7. The molecule has 0 aromatic heterocycles. The Labute approximate surface area is 215 Å². The van der Waals surface area contributed by atoms with Gasteiger partial charge in [-0.15, -0.1) is 0 Å². The standard InChI is InChI=1S/C29H40O7/c1-3-33-28(31)17-8-6-11-21-34-26-16-13-15-24(25(26)19-20-27(30)32-2)14-7-4-5-10-22-35-29-18-9-12-23-36-29/h13,15-16,19-20,29H,3-6,8-12,17-18,21-23H2,1-2H3. The van der Waals surface area contributed by atoms with Crippen molar-refractivity contribution in [3.63, 3.8) is 0 Å². The number of esters is 2. The molecule has 1 fully saturated rings. The van der Waals surface area contributed by atoms with Gasteiger partial charge in [0, 0.05) is 43.3 Å². The zero-order valence-electron chi connectivity index (χ0n) is 21.7. The van der Waals surface area contributed by atoms with Crippen LogP contribution in [-0.4, -0.2) is 51.8 Å². The Balaban J connectivity index is 1.85. The highest BCUT2D eigenvalue weighted by atomic mass is 16.7. The van der Waals surface area contributed by atoms with E-state index in [2.05, 4.69) is 11.8 Å². The second kappa shape index (κ2) is 18.4. The fraction of sp³-hybridized carbons (Fsp3) is 0.586. The Morgan fingerprint density at radius 3 is 2.75 bits per heavy atom. The Morgan fingerprint density at radius 1 is 1.11 bits per heavy atom. The monoisotopic (exact) mass is 500 g/mol. The average Bonchev–Trinajstić information content (AvgIpc) is 2.90. The minimum atomic E-state index is -0.440. The van der Waals surface area contributed by atoms with Crippen molar-refractivity contribution >= 4 is 18.0 Å². The van der Waals surface area contributed by atoms with Gasteiger partial charge in [0.25, 0.3) is 0 Å². The zero-order valence-corrected chi connectivity index (χ0v) is 21.7. The first-order valence-electron chi connectivity index (χ1n) is 13.0. The van der Waals surface area contributed by atoms with Crippen molar-refractivity contribution < 1.29 is 33.3 Å². The van der Waals surface area contributed by atoms with E-state index < -0.39 is 5.97 Å². The number of carbonyl (C=O) groups is 2. The van der Waals surface area contributed by atoms with Crippen LogP contribution in [0.15, 0.2) is 24.3 Å². The number of ether oxygens (including phenoxy) is 5. The highest BCUT2D eigenvalue weighted by Gasteiger charge is 2.13. The minimum absolute atomic E-state index is 0.0469. The second-order valence-electron chi connectivity index (χ2n) is 8.46. The summed E-state index contributed by atoms with van der Waals surface area (Å²) < 4.78 is 27.0. The molecule has 1 aromatic carbocycles. The average molecular weight is 501 g/mol. The normalized spacial score (nSPS) is 15.2. The summed E-state index contributed by atoms with van der Waals surface area (Å²) in [5, 5.41) is 0. The van der Waals surface area contributed by atoms with Crippen LogP contribution in [0.4, 0.5) is 0 Å². The lowest BCUT2D eigenvalue weighted by Crippen LogP contribution is -2.22. The number of carbonyl (C=O) groups excluding carboxylic acids is 2. The van der Waals surface area contributed by atoms with Gasteiger partial charge in [0.15, 0.2) is 6.29 Å². The third-order valence-corrected chi connectivity index (χ3v) is 5.60. The molecule has 7 heteroatoms. The van der Waals surface area contributed by atoms with Gasteiger partial charge in [-0.1, -0.05) is 17.9 Å². The Kier molecular flexibility index (Phi) is 15.1. The molecule has 0 bridgehead atoms. The Bertz CT molecular complexity index is 875. The van der Waals surface area contributed by atoms with Gasteiger partial charge in [-0.3, -0.25) is 4.79 Å². The summed E-state index contributed by atoms with van der Waals surface area (Å²) in [5.41, 5.74) is 1.54. The van der Waals surface area contributed by atoms with Crippen molar-refractivity contribution in [2.24, 2.45) is 0 Å². The first-order chi connectivity index (χ1) is 17.6. The van der Waals surface area contributed by atoms with Crippen LogP contribution in [0, 0.1) is 11.8 Å². The Morgan fingerprint density at radius 2 is 1.97 bits per heavy atom. The van der Waals surface area contributed by atoms with Crippen molar-refractivity contribution in [2.45, 2.75) is 77.4 Å². The number of benzene rings is 1. The van der Waals surface area contributed by atoms with E-state index in [0.717, 1.165) is 69.1 Å². The first kappa shape index (κ1) is 29.4. The molecule has 0 amide bonds. The summed E-state index contributed by atoms with van der Waals surface area (Å²) in [6.45, 7) is 4.20. The van der Waals surface area contributed by atoms with Gasteiger partial charge in [0.1, 0.15) is 5.75 Å². The van der Waals surface area contributed by atoms with Crippen LogP contribution >= 0.6 is 0 Å². The first-order valence-corrected chi connectivity index (χ1v) is 13.0. The molecule has 1 heterocycles. The van der Waals surface area contributed by atoms with Crippen LogP contribution in [0.25, 0.3) is 6.08 Å². The van der Waals surface area contributed by atoms with Gasteiger partial charge in [-0.25, -0.2) is 4.79 Å². The quantitative estimate of drug-likeness (QED) is 0.137. The van der Waals surface area contributed by atoms with Gasteiger partial charge < -0.3 is 23.7 Å². The largest absolute Gasteiger partial charge is 0.493 e. The molecule has 1 atom stereocenters. The van der Waals surface area contributed by atoms with Gasteiger partial charge in [0.2, 0.25) is 0 Å². The topological polar surface area (TPSA) is 80.3 Å². The van der Waals surface area contributed by atoms with Crippen LogP contribution in [0.1, 0.15) is 82.3 Å². The highest BCUT2D eigenvalue weighted by Crippen LogP contribution is 2.24. The van der Waals surface area contributed by atoms with Crippen molar-refractivity contribution in [3.05, 3.63) is 35.4 Å². The van der Waals surface area contributed by atoms with Crippen molar-refractivity contribution in [1.82, 2.24) is 0 Å². The van der Waals surface area contributed by atoms with Crippen molar-refractivity contribution in [1.29, 1.82) is 0 Å². The van der Waals surface area contributed by atoms with E-state index in [9.17, 15) is 9.59 Å². The second-order valence-corrected chi connectivity index (χ2v) is 8.46. The lowest BCUT2D eigenvalue weighted by Gasteiger charge is -2.22. The lowest BCUT2D eigenvalue weighted by molar-refractivity contribution is -0.162. The van der Waals surface area contributed by atoms with Gasteiger partial charge in [-0.2, -0.15) is 0 Å². The molecular formula is C29H40O7. The summed E-state index contributed by atoms with van der Waals surface area (Å²) in [7, 11) is 1.34. The molecule has 0 saturated carbocycles. The SMILES string of the molecule is CCOC(=O)CCCCCOc1cccc(C#CCCCCOC2CCCCO2)c1C=CC(=O)OC. The molecule has 0 spiro atoms. The van der Waals surface area contributed by atoms with Crippen LogP contribution in [-0.2, 0) is 28.5 Å². The van der Waals surface area contributed by atoms with E-state index in [1.165, 1.54) is 19.6 Å². The maximum atomic E-state index is 11.7. The molecule has 1 saturated heterocycles. The van der Waals surface area contributed by atoms with Crippen molar-refractivity contribution in [2.75, 3.05) is 33.5 Å². The fourth-order valence-electron chi connectivity index (χ4n) is 3.66. The van der Waals surface area contributed by atoms with E-state index in [1.807, 2.05) is 18.2 Å². The van der Waals surface area contributed by atoms with Crippen LogP contribution < -0.4 is 4.74 Å². The maximum Gasteiger partial charge on any atom is 0.330 e. The number of rotatable bonds is 15. The summed E-state index contributed by atoms with van der Waals surface area (Å²) in [6, 6.07) is 5.68. The molecular weight excluding hydrogens is 460 g/mol. The van der Waals surface area contributed by atoms with E-state index in [1.54, 1.807) is 13.0 Å². The number of methoxy groups -OCH3 is 1. The molecule has 36 heavy (non-hydrogen) atoms.